The van der Waals surface area contributed by atoms with Gasteiger partial charge in [-0.25, -0.2) is 4.98 Å². The number of benzene rings is 3. The quantitative estimate of drug-likeness (QED) is 0.456. The van der Waals surface area contributed by atoms with Gasteiger partial charge in [0.1, 0.15) is 6.54 Å². The molecule has 27 heavy (non-hydrogen) atoms. The highest BCUT2D eigenvalue weighted by atomic mass is 79.9. The second-order valence-corrected chi connectivity index (χ2v) is 7.84. The number of carbonyl (C=O) groups excluding carboxylic acids is 1. The van der Waals surface area contributed by atoms with E-state index in [-0.39, 0.29) is 18.0 Å². The average molecular weight is 487 g/mol. The van der Waals surface area contributed by atoms with Crippen molar-refractivity contribution in [2.24, 2.45) is 0 Å². The van der Waals surface area contributed by atoms with Crippen molar-refractivity contribution >= 4 is 65.1 Å². The molecule has 1 amide bonds. The van der Waals surface area contributed by atoms with Crippen molar-refractivity contribution in [1.82, 2.24) is 9.55 Å². The molecule has 0 aliphatic rings. The molecule has 0 fully saturated rings. The van der Waals surface area contributed by atoms with Gasteiger partial charge in [0.15, 0.2) is 0 Å². The summed E-state index contributed by atoms with van der Waals surface area (Å²) in [5.41, 5.74) is 0.982. The Labute approximate surface area is 171 Å². The maximum Gasteiger partial charge on any atom is 0.261 e. The van der Waals surface area contributed by atoms with Gasteiger partial charge in [0.05, 0.1) is 17.2 Å². The minimum Gasteiger partial charge on any atom is -0.325 e. The fourth-order valence-electron chi connectivity index (χ4n) is 2.93. The van der Waals surface area contributed by atoms with Crippen LogP contribution in [0.15, 0.2) is 74.7 Å². The van der Waals surface area contributed by atoms with Crippen LogP contribution >= 0.6 is 31.9 Å². The normalized spacial score (nSPS) is 11.0. The maximum absolute atomic E-state index is 12.7. The third-order valence-electron chi connectivity index (χ3n) is 4.19. The summed E-state index contributed by atoms with van der Waals surface area (Å²) in [6.45, 7) is -0.112. The van der Waals surface area contributed by atoms with E-state index >= 15 is 0 Å². The molecule has 0 bridgehead atoms. The van der Waals surface area contributed by atoms with Gasteiger partial charge in [-0.2, -0.15) is 0 Å². The predicted molar refractivity (Wildman–Crippen MR) is 114 cm³/mol. The molecule has 1 heterocycles. The summed E-state index contributed by atoms with van der Waals surface area (Å²) in [5, 5.41) is 5.41. The molecule has 3 aromatic carbocycles. The van der Waals surface area contributed by atoms with Crippen LogP contribution in [0, 0.1) is 0 Å². The zero-order valence-electron chi connectivity index (χ0n) is 13.9. The minimum atomic E-state index is -0.289. The van der Waals surface area contributed by atoms with Gasteiger partial charge in [-0.05, 0) is 51.0 Å². The van der Waals surface area contributed by atoms with Crippen LogP contribution in [-0.4, -0.2) is 15.5 Å². The fourth-order valence-corrected chi connectivity index (χ4v) is 4.26. The van der Waals surface area contributed by atoms with E-state index in [2.05, 4.69) is 42.2 Å². The summed E-state index contributed by atoms with van der Waals surface area (Å²) >= 11 is 6.77. The van der Waals surface area contributed by atoms with E-state index in [9.17, 15) is 9.59 Å². The van der Waals surface area contributed by atoms with Crippen LogP contribution in [0.3, 0.4) is 0 Å². The molecule has 4 rings (SSSR count). The summed E-state index contributed by atoms with van der Waals surface area (Å²) in [7, 11) is 0. The lowest BCUT2D eigenvalue weighted by Crippen LogP contribution is -2.28. The SMILES string of the molecule is O=C(Cn1cnc2c(Br)cc(Br)cc2c1=O)Nc1ccc2ccccc2c1. The summed E-state index contributed by atoms with van der Waals surface area (Å²) in [4.78, 5) is 29.4. The molecule has 0 spiro atoms. The monoisotopic (exact) mass is 485 g/mol. The number of fused-ring (bicyclic) bond motifs is 2. The fraction of sp³-hybridized carbons (Fsp3) is 0.0500. The summed E-state index contributed by atoms with van der Waals surface area (Å²) in [6, 6.07) is 17.1. The van der Waals surface area contributed by atoms with Crippen LogP contribution < -0.4 is 10.9 Å². The van der Waals surface area contributed by atoms with Gasteiger partial charge in [0, 0.05) is 14.6 Å². The number of nitrogens with one attached hydrogen (secondary N) is 1. The molecule has 1 aromatic heterocycles. The molecule has 0 radical (unpaired) electrons. The van der Waals surface area contributed by atoms with Crippen molar-refractivity contribution in [2.45, 2.75) is 6.54 Å². The number of amides is 1. The zero-order chi connectivity index (χ0) is 19.0. The smallest absolute Gasteiger partial charge is 0.261 e. The Kier molecular flexibility index (Phi) is 4.80. The first-order valence-corrected chi connectivity index (χ1v) is 9.73. The Morgan fingerprint density at radius 1 is 1.04 bits per heavy atom. The van der Waals surface area contributed by atoms with Gasteiger partial charge in [-0.15, -0.1) is 0 Å². The maximum atomic E-state index is 12.7. The van der Waals surface area contributed by atoms with E-state index in [0.29, 0.717) is 16.6 Å². The van der Waals surface area contributed by atoms with Crippen molar-refractivity contribution in [3.63, 3.8) is 0 Å². The molecule has 0 unspecified atom stereocenters. The first-order chi connectivity index (χ1) is 13.0. The standard InChI is InChI=1S/C20H13Br2N3O2/c21-14-8-16-19(17(22)9-14)23-11-25(20(16)27)10-18(26)24-15-6-5-12-3-1-2-4-13(12)7-15/h1-9,11H,10H2,(H,24,26). The average Bonchev–Trinajstić information content (AvgIpc) is 2.64. The van der Waals surface area contributed by atoms with E-state index in [1.807, 2.05) is 48.5 Å². The second-order valence-electron chi connectivity index (χ2n) is 6.07. The first kappa shape index (κ1) is 17.9. The molecule has 4 aromatic rings. The minimum absolute atomic E-state index is 0.112. The van der Waals surface area contributed by atoms with Gasteiger partial charge < -0.3 is 5.32 Å². The Morgan fingerprint density at radius 3 is 2.63 bits per heavy atom. The molecule has 134 valence electrons. The van der Waals surface area contributed by atoms with Crippen molar-refractivity contribution in [2.75, 3.05) is 5.32 Å². The van der Waals surface area contributed by atoms with E-state index < -0.39 is 0 Å². The lowest BCUT2D eigenvalue weighted by atomic mass is 10.1. The number of nitrogens with zero attached hydrogens (tertiary/aromatic N) is 2. The van der Waals surface area contributed by atoms with E-state index in [1.165, 1.54) is 10.9 Å². The Morgan fingerprint density at radius 2 is 1.81 bits per heavy atom. The molecular formula is C20H13Br2N3O2. The van der Waals surface area contributed by atoms with Crippen LogP contribution in [0.2, 0.25) is 0 Å². The zero-order valence-corrected chi connectivity index (χ0v) is 17.1. The summed E-state index contributed by atoms with van der Waals surface area (Å²) in [6.07, 6.45) is 1.39. The topological polar surface area (TPSA) is 64.0 Å². The molecule has 5 nitrogen and oxygen atoms in total. The van der Waals surface area contributed by atoms with Crippen LogP contribution in [0.25, 0.3) is 21.7 Å². The van der Waals surface area contributed by atoms with Crippen LogP contribution in [0.1, 0.15) is 0 Å². The van der Waals surface area contributed by atoms with Crippen molar-refractivity contribution in [3.8, 4) is 0 Å². The Hall–Kier alpha value is -2.51. The number of hydrogen-bond donors (Lipinski definition) is 1. The van der Waals surface area contributed by atoms with E-state index in [4.69, 9.17) is 0 Å². The van der Waals surface area contributed by atoms with Crippen LogP contribution in [0.4, 0.5) is 5.69 Å². The lowest BCUT2D eigenvalue weighted by Gasteiger charge is -2.09. The predicted octanol–water partition coefficient (Wildman–Crippen LogP) is 4.71. The molecule has 7 heteroatoms. The third kappa shape index (κ3) is 3.65. The molecule has 0 aliphatic heterocycles. The summed E-state index contributed by atoms with van der Waals surface area (Å²) < 4.78 is 2.79. The van der Waals surface area contributed by atoms with Crippen LogP contribution in [0.5, 0.6) is 0 Å². The molecule has 0 saturated carbocycles. The highest BCUT2D eigenvalue weighted by molar-refractivity contribution is 9.11. The van der Waals surface area contributed by atoms with Crippen molar-refractivity contribution < 1.29 is 4.79 Å². The number of anilines is 1. The largest absolute Gasteiger partial charge is 0.325 e. The third-order valence-corrected chi connectivity index (χ3v) is 5.26. The van der Waals surface area contributed by atoms with Gasteiger partial charge in [-0.1, -0.05) is 46.3 Å². The number of carbonyl (C=O) groups is 1. The molecule has 1 N–H and O–H groups in total. The Bertz CT molecular complexity index is 1250. The molecule has 0 aliphatic carbocycles. The summed E-state index contributed by atoms with van der Waals surface area (Å²) in [5.74, 6) is -0.289. The van der Waals surface area contributed by atoms with E-state index in [1.54, 1.807) is 6.07 Å². The van der Waals surface area contributed by atoms with Gasteiger partial charge >= 0.3 is 0 Å². The van der Waals surface area contributed by atoms with Gasteiger partial charge in [-0.3, -0.25) is 14.2 Å². The van der Waals surface area contributed by atoms with Crippen LogP contribution in [-0.2, 0) is 11.3 Å². The number of halogens is 2. The Balaban J connectivity index is 1.60. The number of rotatable bonds is 3. The van der Waals surface area contributed by atoms with Crippen molar-refractivity contribution in [3.05, 3.63) is 80.2 Å². The first-order valence-electron chi connectivity index (χ1n) is 8.14. The second kappa shape index (κ2) is 7.25. The number of aromatic nitrogens is 2. The van der Waals surface area contributed by atoms with E-state index in [0.717, 1.165) is 19.7 Å². The molecular weight excluding hydrogens is 474 g/mol. The van der Waals surface area contributed by atoms with Crippen molar-refractivity contribution in [1.29, 1.82) is 0 Å². The number of hydrogen-bond acceptors (Lipinski definition) is 3. The van der Waals surface area contributed by atoms with Gasteiger partial charge in [0.25, 0.3) is 5.56 Å². The highest BCUT2D eigenvalue weighted by Crippen LogP contribution is 2.25. The lowest BCUT2D eigenvalue weighted by molar-refractivity contribution is -0.116. The molecule has 0 saturated heterocycles. The van der Waals surface area contributed by atoms with Gasteiger partial charge in [0.2, 0.25) is 5.91 Å². The molecule has 0 atom stereocenters. The highest BCUT2D eigenvalue weighted by Gasteiger charge is 2.11.